The molecule has 1 saturated carbocycles. The molecule has 2 aliphatic rings. The van der Waals surface area contributed by atoms with Crippen molar-refractivity contribution in [1.29, 1.82) is 0 Å². The van der Waals surface area contributed by atoms with E-state index < -0.39 is 0 Å². The van der Waals surface area contributed by atoms with Gasteiger partial charge in [0.15, 0.2) is 0 Å². The van der Waals surface area contributed by atoms with E-state index in [9.17, 15) is 0 Å². The average Bonchev–Trinajstić information content (AvgIpc) is 2.32. The number of nitrogens with zero attached hydrogens (tertiary/aromatic N) is 1. The lowest BCUT2D eigenvalue weighted by molar-refractivity contribution is 0.158. The summed E-state index contributed by atoms with van der Waals surface area (Å²) in [4.78, 5) is 2.49. The van der Waals surface area contributed by atoms with Crippen molar-refractivity contribution in [2.75, 3.05) is 20.1 Å². The third-order valence-electron chi connectivity index (χ3n) is 5.17. The Morgan fingerprint density at radius 1 is 1.12 bits per heavy atom. The minimum atomic E-state index is 0.755. The molecule has 0 amide bonds. The smallest absolute Gasteiger partial charge is 0.00941 e. The second-order valence-electron chi connectivity index (χ2n) is 6.48. The lowest BCUT2D eigenvalue weighted by Crippen LogP contribution is -2.47. The van der Waals surface area contributed by atoms with Crippen LogP contribution < -0.4 is 5.32 Å². The van der Waals surface area contributed by atoms with Crippen LogP contribution in [0.25, 0.3) is 0 Å². The lowest BCUT2D eigenvalue weighted by atomic mass is 9.80. The van der Waals surface area contributed by atoms with Crippen LogP contribution in [0.2, 0.25) is 0 Å². The minimum absolute atomic E-state index is 0.755. The summed E-state index contributed by atoms with van der Waals surface area (Å²) >= 11 is 0. The molecule has 0 bridgehead atoms. The summed E-state index contributed by atoms with van der Waals surface area (Å²) in [6.45, 7) is 7.33. The molecule has 2 rings (SSSR count). The van der Waals surface area contributed by atoms with E-state index in [1.807, 2.05) is 0 Å². The fourth-order valence-corrected chi connectivity index (χ4v) is 3.49. The highest BCUT2D eigenvalue weighted by molar-refractivity contribution is 4.83. The molecule has 1 heterocycles. The summed E-state index contributed by atoms with van der Waals surface area (Å²) in [7, 11) is 2.25. The van der Waals surface area contributed by atoms with Crippen molar-refractivity contribution >= 4 is 0 Å². The fraction of sp³-hybridized carbons (Fsp3) is 1.00. The molecule has 2 heteroatoms. The summed E-state index contributed by atoms with van der Waals surface area (Å²) in [5.74, 6) is 1.89. The minimum Gasteiger partial charge on any atom is -0.314 e. The molecule has 1 N–H and O–H groups in total. The van der Waals surface area contributed by atoms with Crippen LogP contribution in [0.15, 0.2) is 0 Å². The predicted molar refractivity (Wildman–Crippen MR) is 74.2 cm³/mol. The highest BCUT2D eigenvalue weighted by atomic mass is 15.1. The van der Waals surface area contributed by atoms with E-state index in [1.165, 1.54) is 51.6 Å². The Morgan fingerprint density at radius 2 is 1.88 bits per heavy atom. The average molecular weight is 238 g/mol. The highest BCUT2D eigenvalue weighted by Crippen LogP contribution is 2.29. The summed E-state index contributed by atoms with van der Waals surface area (Å²) < 4.78 is 0. The fourth-order valence-electron chi connectivity index (χ4n) is 3.49. The maximum Gasteiger partial charge on any atom is 0.00941 e. The number of likely N-dealkylation sites (tertiary alicyclic amines) is 1. The van der Waals surface area contributed by atoms with Gasteiger partial charge in [0.2, 0.25) is 0 Å². The van der Waals surface area contributed by atoms with Crippen LogP contribution in [0.4, 0.5) is 0 Å². The van der Waals surface area contributed by atoms with Crippen LogP contribution in [0.5, 0.6) is 0 Å². The zero-order chi connectivity index (χ0) is 12.3. The molecule has 1 saturated heterocycles. The van der Waals surface area contributed by atoms with Crippen LogP contribution in [0.1, 0.15) is 52.4 Å². The Labute approximate surface area is 107 Å². The molecule has 17 heavy (non-hydrogen) atoms. The normalized spacial score (nSPS) is 40.4. The summed E-state index contributed by atoms with van der Waals surface area (Å²) in [6.07, 6.45) is 8.50. The van der Waals surface area contributed by atoms with Gasteiger partial charge in [0, 0.05) is 12.1 Å². The molecule has 4 atom stereocenters. The first kappa shape index (κ1) is 13.4. The monoisotopic (exact) mass is 238 g/mol. The van der Waals surface area contributed by atoms with Gasteiger partial charge in [0.25, 0.3) is 0 Å². The van der Waals surface area contributed by atoms with E-state index in [-0.39, 0.29) is 0 Å². The largest absolute Gasteiger partial charge is 0.314 e. The first-order valence-electron chi connectivity index (χ1n) is 7.60. The number of rotatable bonds is 3. The standard InChI is InChI=1S/C15H30N2/c1-12-6-4-5-7-14(12)11-16-15-8-9-17(3)13(2)10-15/h12-16H,4-11H2,1-3H3. The molecule has 0 spiro atoms. The van der Waals surface area contributed by atoms with Crippen molar-refractivity contribution < 1.29 is 0 Å². The maximum absolute atomic E-state index is 3.85. The Balaban J connectivity index is 1.71. The van der Waals surface area contributed by atoms with E-state index in [2.05, 4.69) is 31.1 Å². The molecule has 2 nitrogen and oxygen atoms in total. The van der Waals surface area contributed by atoms with Gasteiger partial charge >= 0.3 is 0 Å². The Bertz CT molecular complexity index is 229. The van der Waals surface area contributed by atoms with Crippen molar-refractivity contribution in [2.24, 2.45) is 11.8 Å². The summed E-state index contributed by atoms with van der Waals surface area (Å²) in [5, 5.41) is 3.85. The predicted octanol–water partition coefficient (Wildman–Crippen LogP) is 2.89. The van der Waals surface area contributed by atoms with Gasteiger partial charge in [-0.3, -0.25) is 0 Å². The third-order valence-corrected chi connectivity index (χ3v) is 5.17. The van der Waals surface area contributed by atoms with Gasteiger partial charge in [-0.15, -0.1) is 0 Å². The molecule has 0 radical (unpaired) electrons. The Morgan fingerprint density at radius 3 is 2.59 bits per heavy atom. The highest BCUT2D eigenvalue weighted by Gasteiger charge is 2.25. The van der Waals surface area contributed by atoms with Gasteiger partial charge in [0.1, 0.15) is 0 Å². The second kappa shape index (κ2) is 6.19. The van der Waals surface area contributed by atoms with E-state index >= 15 is 0 Å². The maximum atomic E-state index is 3.85. The zero-order valence-electron chi connectivity index (χ0n) is 11.9. The number of hydrogen-bond acceptors (Lipinski definition) is 2. The van der Waals surface area contributed by atoms with Gasteiger partial charge in [0.05, 0.1) is 0 Å². The van der Waals surface area contributed by atoms with E-state index in [1.54, 1.807) is 0 Å². The van der Waals surface area contributed by atoms with Crippen molar-refractivity contribution in [3.05, 3.63) is 0 Å². The summed E-state index contributed by atoms with van der Waals surface area (Å²) in [5.41, 5.74) is 0. The molecular weight excluding hydrogens is 208 g/mol. The van der Waals surface area contributed by atoms with E-state index in [0.717, 1.165) is 23.9 Å². The SMILES string of the molecule is CC1CCCCC1CNC1CCN(C)C(C)C1. The molecule has 0 aromatic heterocycles. The molecule has 1 aliphatic carbocycles. The first-order valence-corrected chi connectivity index (χ1v) is 7.60. The topological polar surface area (TPSA) is 15.3 Å². The van der Waals surface area contributed by atoms with Crippen LogP contribution >= 0.6 is 0 Å². The number of piperidine rings is 1. The summed E-state index contributed by atoms with van der Waals surface area (Å²) in [6, 6.07) is 1.53. The zero-order valence-corrected chi connectivity index (χ0v) is 11.9. The van der Waals surface area contributed by atoms with Gasteiger partial charge in [-0.05, 0) is 58.2 Å². The molecule has 0 aromatic rings. The van der Waals surface area contributed by atoms with Crippen molar-refractivity contribution in [2.45, 2.75) is 64.5 Å². The molecule has 0 aromatic carbocycles. The Kier molecular flexibility index (Phi) is 4.87. The van der Waals surface area contributed by atoms with Crippen LogP contribution in [0.3, 0.4) is 0 Å². The van der Waals surface area contributed by atoms with Crippen LogP contribution in [0, 0.1) is 11.8 Å². The van der Waals surface area contributed by atoms with Gasteiger partial charge in [-0.2, -0.15) is 0 Å². The lowest BCUT2D eigenvalue weighted by Gasteiger charge is -2.37. The third kappa shape index (κ3) is 3.69. The molecular formula is C15H30N2. The van der Waals surface area contributed by atoms with E-state index in [0.29, 0.717) is 0 Å². The second-order valence-corrected chi connectivity index (χ2v) is 6.48. The van der Waals surface area contributed by atoms with Gasteiger partial charge in [-0.25, -0.2) is 0 Å². The number of nitrogens with one attached hydrogen (secondary N) is 1. The van der Waals surface area contributed by atoms with Crippen molar-refractivity contribution in [3.63, 3.8) is 0 Å². The van der Waals surface area contributed by atoms with E-state index in [4.69, 9.17) is 0 Å². The molecule has 4 unspecified atom stereocenters. The Hall–Kier alpha value is -0.0800. The van der Waals surface area contributed by atoms with Gasteiger partial charge < -0.3 is 10.2 Å². The quantitative estimate of drug-likeness (QED) is 0.813. The van der Waals surface area contributed by atoms with Crippen molar-refractivity contribution in [3.8, 4) is 0 Å². The molecule has 1 aliphatic heterocycles. The first-order chi connectivity index (χ1) is 8.16. The van der Waals surface area contributed by atoms with Crippen molar-refractivity contribution in [1.82, 2.24) is 10.2 Å². The molecule has 2 fully saturated rings. The van der Waals surface area contributed by atoms with Crippen LogP contribution in [-0.2, 0) is 0 Å². The van der Waals surface area contributed by atoms with Crippen LogP contribution in [-0.4, -0.2) is 37.1 Å². The number of hydrogen-bond donors (Lipinski definition) is 1. The molecule has 100 valence electrons. The van der Waals surface area contributed by atoms with Gasteiger partial charge in [-0.1, -0.05) is 26.2 Å².